The van der Waals surface area contributed by atoms with E-state index in [9.17, 15) is 4.79 Å². The normalized spacial score (nSPS) is 9.07. The Balaban J connectivity index is 2.41. The number of carbonyl (C=O) groups is 1. The Morgan fingerprint density at radius 3 is 2.60 bits per heavy atom. The molecule has 0 aliphatic rings. The minimum Gasteiger partial charge on any atom is -0.287 e. The van der Waals surface area contributed by atoms with Gasteiger partial charge in [-0.15, -0.1) is 6.58 Å². The minimum absolute atomic E-state index is 0.306. The van der Waals surface area contributed by atoms with Crippen LogP contribution in [0.25, 0.3) is 0 Å². The first-order chi connectivity index (χ1) is 7.24. The molecule has 1 rings (SSSR count). The molecule has 0 unspecified atom stereocenters. The van der Waals surface area contributed by atoms with Crippen molar-refractivity contribution in [3.05, 3.63) is 55.1 Å². The molecule has 3 heteroatoms. The molecule has 78 valence electrons. The number of hydrogen-bond acceptors (Lipinski definition) is 3. The first kappa shape index (κ1) is 11.0. The van der Waals surface area contributed by atoms with Gasteiger partial charge in [-0.2, -0.15) is 0 Å². The lowest BCUT2D eigenvalue weighted by molar-refractivity contribution is -0.208. The summed E-state index contributed by atoms with van der Waals surface area (Å²) in [5.41, 5.74) is 0.306. The molecule has 0 bridgehead atoms. The summed E-state index contributed by atoms with van der Waals surface area (Å²) >= 11 is 0. The Morgan fingerprint density at radius 2 is 2.00 bits per heavy atom. The molecule has 0 atom stereocenters. The van der Waals surface area contributed by atoms with E-state index in [2.05, 4.69) is 18.0 Å². The number of hydrogen-bond donors (Lipinski definition) is 0. The molecule has 15 heavy (non-hydrogen) atoms. The molecule has 0 spiro atoms. The van der Waals surface area contributed by atoms with Gasteiger partial charge in [0.2, 0.25) is 0 Å². The van der Waals surface area contributed by atoms with Gasteiger partial charge in [-0.1, -0.05) is 30.9 Å². The Kier molecular flexibility index (Phi) is 4.16. The smallest absolute Gasteiger partial charge is 0.287 e. The van der Waals surface area contributed by atoms with Gasteiger partial charge in [-0.25, -0.2) is 9.68 Å². The highest BCUT2D eigenvalue weighted by atomic mass is 17.2. The Labute approximate surface area is 88.6 Å². The first-order valence-electron chi connectivity index (χ1n) is 4.46. The SMILES string of the molecule is C=CCC(=C)C(=O)OOc1ccccc1. The molecule has 0 heterocycles. The van der Waals surface area contributed by atoms with Crippen LogP contribution in [-0.2, 0) is 9.68 Å². The average Bonchev–Trinajstić information content (AvgIpc) is 2.27. The molecule has 0 N–H and O–H groups in total. The van der Waals surface area contributed by atoms with Crippen LogP contribution in [0, 0.1) is 0 Å². The first-order valence-corrected chi connectivity index (χ1v) is 4.46. The second-order valence-electron chi connectivity index (χ2n) is 2.86. The monoisotopic (exact) mass is 204 g/mol. The quantitative estimate of drug-likeness (QED) is 0.320. The maximum absolute atomic E-state index is 11.2. The number of benzene rings is 1. The van der Waals surface area contributed by atoms with Crippen LogP contribution in [0.4, 0.5) is 0 Å². The fourth-order valence-corrected chi connectivity index (χ4v) is 0.878. The summed E-state index contributed by atoms with van der Waals surface area (Å²) in [5.74, 6) is -0.115. The predicted molar refractivity (Wildman–Crippen MR) is 57.1 cm³/mol. The van der Waals surface area contributed by atoms with Crippen LogP contribution in [-0.4, -0.2) is 5.97 Å². The topological polar surface area (TPSA) is 35.5 Å². The van der Waals surface area contributed by atoms with Crippen LogP contribution in [0.1, 0.15) is 6.42 Å². The maximum Gasteiger partial charge on any atom is 0.381 e. The van der Waals surface area contributed by atoms with E-state index in [0.717, 1.165) is 0 Å². The van der Waals surface area contributed by atoms with Crippen molar-refractivity contribution in [3.8, 4) is 5.75 Å². The van der Waals surface area contributed by atoms with Crippen LogP contribution in [0.5, 0.6) is 5.75 Å². The van der Waals surface area contributed by atoms with Crippen molar-refractivity contribution in [2.45, 2.75) is 6.42 Å². The lowest BCUT2D eigenvalue weighted by Gasteiger charge is -2.04. The van der Waals surface area contributed by atoms with Crippen LogP contribution in [0.2, 0.25) is 0 Å². The fourth-order valence-electron chi connectivity index (χ4n) is 0.878. The average molecular weight is 204 g/mol. The van der Waals surface area contributed by atoms with Gasteiger partial charge in [-0.3, -0.25) is 4.89 Å². The Morgan fingerprint density at radius 1 is 1.33 bits per heavy atom. The molecule has 0 amide bonds. The second kappa shape index (κ2) is 5.65. The van der Waals surface area contributed by atoms with Gasteiger partial charge in [-0.05, 0) is 18.6 Å². The van der Waals surface area contributed by atoms with E-state index in [0.29, 0.717) is 17.7 Å². The summed E-state index contributed by atoms with van der Waals surface area (Å²) < 4.78 is 0. The van der Waals surface area contributed by atoms with E-state index in [4.69, 9.17) is 4.89 Å². The summed E-state index contributed by atoms with van der Waals surface area (Å²) in [6.45, 7) is 7.02. The lowest BCUT2D eigenvalue weighted by atomic mass is 10.2. The standard InChI is InChI=1S/C12H12O3/c1-3-7-10(2)12(13)15-14-11-8-5-4-6-9-11/h3-6,8-9H,1-2,7H2. The molecule has 0 saturated carbocycles. The van der Waals surface area contributed by atoms with E-state index in [1.807, 2.05) is 6.07 Å². The summed E-state index contributed by atoms with van der Waals surface area (Å²) in [6.07, 6.45) is 1.96. The van der Waals surface area contributed by atoms with Crippen LogP contribution in [0.3, 0.4) is 0 Å². The molecule has 0 fully saturated rings. The Bertz CT molecular complexity index is 354. The predicted octanol–water partition coefficient (Wildman–Crippen LogP) is 2.66. The van der Waals surface area contributed by atoms with Crippen molar-refractivity contribution in [1.82, 2.24) is 0 Å². The van der Waals surface area contributed by atoms with Crippen molar-refractivity contribution >= 4 is 5.97 Å². The van der Waals surface area contributed by atoms with E-state index in [1.165, 1.54) is 0 Å². The molecule has 0 radical (unpaired) electrons. The van der Waals surface area contributed by atoms with Gasteiger partial charge in [0.25, 0.3) is 0 Å². The molecule has 0 aliphatic carbocycles. The zero-order chi connectivity index (χ0) is 11.1. The zero-order valence-electron chi connectivity index (χ0n) is 8.31. The molecular formula is C12H12O3. The third-order valence-corrected chi connectivity index (χ3v) is 1.64. The Hall–Kier alpha value is -2.03. The number of carbonyl (C=O) groups excluding carboxylic acids is 1. The summed E-state index contributed by atoms with van der Waals surface area (Å²) in [5, 5.41) is 0. The largest absolute Gasteiger partial charge is 0.381 e. The van der Waals surface area contributed by atoms with Gasteiger partial charge in [0.05, 0.1) is 0 Å². The van der Waals surface area contributed by atoms with Crippen LogP contribution < -0.4 is 4.89 Å². The van der Waals surface area contributed by atoms with Crippen LogP contribution in [0.15, 0.2) is 55.1 Å². The highest BCUT2D eigenvalue weighted by Crippen LogP contribution is 2.10. The molecule has 0 saturated heterocycles. The third kappa shape index (κ3) is 3.68. The molecule has 1 aromatic carbocycles. The van der Waals surface area contributed by atoms with Crippen molar-refractivity contribution in [2.75, 3.05) is 0 Å². The van der Waals surface area contributed by atoms with Crippen molar-refractivity contribution in [3.63, 3.8) is 0 Å². The highest BCUT2D eigenvalue weighted by Gasteiger charge is 2.08. The number of rotatable bonds is 5. The molecule has 3 nitrogen and oxygen atoms in total. The highest BCUT2D eigenvalue weighted by molar-refractivity contribution is 5.87. The van der Waals surface area contributed by atoms with Crippen LogP contribution >= 0.6 is 0 Å². The molecule has 0 aromatic heterocycles. The fraction of sp³-hybridized carbons (Fsp3) is 0.0833. The van der Waals surface area contributed by atoms with Crippen molar-refractivity contribution in [1.29, 1.82) is 0 Å². The van der Waals surface area contributed by atoms with E-state index >= 15 is 0 Å². The van der Waals surface area contributed by atoms with E-state index in [-0.39, 0.29) is 0 Å². The second-order valence-corrected chi connectivity index (χ2v) is 2.86. The van der Waals surface area contributed by atoms with E-state index < -0.39 is 5.97 Å². The number of para-hydroxylation sites is 1. The van der Waals surface area contributed by atoms with Crippen molar-refractivity contribution < 1.29 is 14.6 Å². The zero-order valence-corrected chi connectivity index (χ0v) is 8.31. The summed E-state index contributed by atoms with van der Waals surface area (Å²) in [4.78, 5) is 20.6. The van der Waals surface area contributed by atoms with Gasteiger partial charge in [0, 0.05) is 5.57 Å². The molecular weight excluding hydrogens is 192 g/mol. The van der Waals surface area contributed by atoms with Gasteiger partial charge >= 0.3 is 5.97 Å². The minimum atomic E-state index is -0.584. The van der Waals surface area contributed by atoms with Crippen molar-refractivity contribution in [2.24, 2.45) is 0 Å². The third-order valence-electron chi connectivity index (χ3n) is 1.64. The van der Waals surface area contributed by atoms with Gasteiger partial charge < -0.3 is 0 Å². The molecule has 0 aliphatic heterocycles. The van der Waals surface area contributed by atoms with Gasteiger partial charge in [0.1, 0.15) is 0 Å². The summed E-state index contributed by atoms with van der Waals surface area (Å²) in [6, 6.07) is 8.77. The molecule has 1 aromatic rings. The number of allylic oxidation sites excluding steroid dienone is 1. The summed E-state index contributed by atoms with van der Waals surface area (Å²) in [7, 11) is 0. The van der Waals surface area contributed by atoms with E-state index in [1.54, 1.807) is 30.3 Å². The van der Waals surface area contributed by atoms with Gasteiger partial charge in [0.15, 0.2) is 5.75 Å². The maximum atomic E-state index is 11.2. The lowest BCUT2D eigenvalue weighted by Crippen LogP contribution is -2.09.